The van der Waals surface area contributed by atoms with Gasteiger partial charge >= 0.3 is 19.8 Å². The van der Waals surface area contributed by atoms with Gasteiger partial charge in [-0.15, -0.1) is 0 Å². The Kier molecular flexibility index (Phi) is 23.7. The van der Waals surface area contributed by atoms with Crippen molar-refractivity contribution in [1.29, 1.82) is 0 Å². The number of aldehydes is 1. The normalized spacial score (nSPS) is 24.3. The summed E-state index contributed by atoms with van der Waals surface area (Å²) < 4.78 is 32.7. The number of aliphatic hydroxyl groups is 5. The first-order chi connectivity index (χ1) is 23.3. The van der Waals surface area contributed by atoms with Gasteiger partial charge in [0.15, 0.2) is 11.9 Å². The zero-order chi connectivity index (χ0) is 36.7. The molecule has 0 bridgehead atoms. The molecule has 6 unspecified atom stereocenters. The number of esters is 2. The summed E-state index contributed by atoms with van der Waals surface area (Å²) >= 11 is 0. The fourth-order valence-corrected chi connectivity index (χ4v) is 6.20. The molecule has 6 N–H and O–H groups in total. The molecule has 1 rings (SSSR count). The van der Waals surface area contributed by atoms with Gasteiger partial charge in [0.05, 0.1) is 6.61 Å². The molecule has 1 aliphatic rings. The van der Waals surface area contributed by atoms with Crippen LogP contribution < -0.4 is 0 Å². The summed E-state index contributed by atoms with van der Waals surface area (Å²) in [5.41, 5.74) is 0. The van der Waals surface area contributed by atoms with Crippen LogP contribution in [-0.4, -0.2) is 110 Å². The van der Waals surface area contributed by atoms with Crippen LogP contribution in [0, 0.1) is 0 Å². The maximum Gasteiger partial charge on any atom is 0.472 e. The van der Waals surface area contributed by atoms with Gasteiger partial charge in [-0.05, 0) is 25.0 Å². The molecule has 1 aliphatic carbocycles. The lowest BCUT2D eigenvalue weighted by Crippen LogP contribution is -2.64. The number of phosphoric acid groups is 1. The standard InChI is InChI=1S/C33H57O15P/c1-2-3-4-5-6-7-8-9-10-11-12-13-14-19-26(36)45-22-25(47-27(37)20-15-17-24(35)18-16-21-34)23-46-49(43,44)48-33-31(41)29(39)28(38)30(40)32(33)42/h16,18,21,25,28-33,38-42H,2-15,17,19-20,22-23H2,1H3,(H,43,44)/b18-16+/t25-,28?,29-,30?,31?,32?,33?/m1/s1. The summed E-state index contributed by atoms with van der Waals surface area (Å²) in [4.78, 5) is 57.0. The highest BCUT2D eigenvalue weighted by atomic mass is 31.2. The predicted molar refractivity (Wildman–Crippen MR) is 176 cm³/mol. The largest absolute Gasteiger partial charge is 0.472 e. The van der Waals surface area contributed by atoms with Crippen LogP contribution in [-0.2, 0) is 42.3 Å². The molecule has 0 heterocycles. The fraction of sp³-hybridized carbons (Fsp3) is 0.818. The molecule has 0 spiro atoms. The number of phosphoric ester groups is 1. The second-order valence-electron chi connectivity index (χ2n) is 12.4. The smallest absolute Gasteiger partial charge is 0.462 e. The predicted octanol–water partition coefficient (Wildman–Crippen LogP) is 2.74. The first kappa shape index (κ1) is 45.0. The second-order valence-corrected chi connectivity index (χ2v) is 13.8. The molecule has 284 valence electrons. The van der Waals surface area contributed by atoms with E-state index in [1.54, 1.807) is 0 Å². The minimum absolute atomic E-state index is 0.0584. The summed E-state index contributed by atoms with van der Waals surface area (Å²) in [6, 6.07) is 0. The summed E-state index contributed by atoms with van der Waals surface area (Å²) in [5, 5.41) is 49.6. The van der Waals surface area contributed by atoms with E-state index in [1.807, 2.05) is 0 Å². The van der Waals surface area contributed by atoms with Crippen LogP contribution in [0.25, 0.3) is 0 Å². The van der Waals surface area contributed by atoms with E-state index < -0.39 is 81.5 Å². The van der Waals surface area contributed by atoms with Crippen molar-refractivity contribution >= 4 is 31.8 Å². The zero-order valence-electron chi connectivity index (χ0n) is 28.5. The van der Waals surface area contributed by atoms with Crippen molar-refractivity contribution in [2.75, 3.05) is 13.2 Å². The topological polar surface area (TPSA) is 244 Å². The van der Waals surface area contributed by atoms with Crippen molar-refractivity contribution in [1.82, 2.24) is 0 Å². The average molecular weight is 725 g/mol. The number of hydrogen-bond donors (Lipinski definition) is 6. The van der Waals surface area contributed by atoms with Gasteiger partial charge in [-0.1, -0.05) is 84.0 Å². The lowest BCUT2D eigenvalue weighted by Gasteiger charge is -2.41. The average Bonchev–Trinajstić information content (AvgIpc) is 3.07. The molecule has 49 heavy (non-hydrogen) atoms. The van der Waals surface area contributed by atoms with Gasteiger partial charge in [-0.3, -0.25) is 28.2 Å². The van der Waals surface area contributed by atoms with E-state index in [9.17, 15) is 54.2 Å². The number of ketones is 1. The van der Waals surface area contributed by atoms with Crippen molar-refractivity contribution < 1.29 is 72.7 Å². The minimum Gasteiger partial charge on any atom is -0.462 e. The Bertz CT molecular complexity index is 1020. The van der Waals surface area contributed by atoms with E-state index in [2.05, 4.69) is 6.92 Å². The van der Waals surface area contributed by atoms with E-state index in [1.165, 1.54) is 51.4 Å². The van der Waals surface area contributed by atoms with Crippen LogP contribution in [0.1, 0.15) is 116 Å². The maximum atomic E-state index is 12.6. The molecule has 15 nitrogen and oxygen atoms in total. The van der Waals surface area contributed by atoms with Crippen molar-refractivity contribution in [3.8, 4) is 0 Å². The van der Waals surface area contributed by atoms with E-state index >= 15 is 0 Å². The Morgan fingerprint density at radius 3 is 1.69 bits per heavy atom. The quantitative estimate of drug-likeness (QED) is 0.0223. The molecule has 8 atom stereocenters. The summed E-state index contributed by atoms with van der Waals surface area (Å²) in [6.45, 7) is 0.807. The van der Waals surface area contributed by atoms with Crippen LogP contribution >= 0.6 is 7.82 Å². The zero-order valence-corrected chi connectivity index (χ0v) is 29.4. The number of unbranched alkanes of at least 4 members (excludes halogenated alkanes) is 12. The number of carbonyl (C=O) groups excluding carboxylic acids is 4. The van der Waals surface area contributed by atoms with Gasteiger partial charge in [-0.25, -0.2) is 4.57 Å². The molecule has 16 heteroatoms. The molecular weight excluding hydrogens is 667 g/mol. The minimum atomic E-state index is -5.18. The van der Waals surface area contributed by atoms with Gasteiger partial charge < -0.3 is 39.9 Å². The van der Waals surface area contributed by atoms with Crippen molar-refractivity contribution in [2.24, 2.45) is 0 Å². The number of carbonyl (C=O) groups is 4. The molecule has 0 saturated heterocycles. The molecule has 0 aromatic carbocycles. The van der Waals surface area contributed by atoms with Gasteiger partial charge in [0.2, 0.25) is 0 Å². The van der Waals surface area contributed by atoms with Crippen LogP contribution in [0.2, 0.25) is 0 Å². The van der Waals surface area contributed by atoms with E-state index in [0.29, 0.717) is 12.7 Å². The third kappa shape index (κ3) is 19.8. The summed E-state index contributed by atoms with van der Waals surface area (Å²) in [7, 11) is -5.18. The summed E-state index contributed by atoms with van der Waals surface area (Å²) in [6.07, 6.45) is 3.54. The maximum absolute atomic E-state index is 12.6. The molecule has 1 fully saturated rings. The molecule has 1 saturated carbocycles. The second kappa shape index (κ2) is 25.8. The van der Waals surface area contributed by atoms with Gasteiger partial charge in [0, 0.05) is 19.3 Å². The van der Waals surface area contributed by atoms with Crippen LogP contribution in [0.15, 0.2) is 12.2 Å². The Morgan fingerprint density at radius 1 is 0.673 bits per heavy atom. The molecule has 0 amide bonds. The lowest BCUT2D eigenvalue weighted by molar-refractivity contribution is -0.220. The van der Waals surface area contributed by atoms with E-state index in [0.717, 1.165) is 37.8 Å². The van der Waals surface area contributed by atoms with Gasteiger partial charge in [0.25, 0.3) is 0 Å². The Labute approximate surface area is 288 Å². The molecule has 0 aliphatic heterocycles. The Balaban J connectivity index is 2.56. The Morgan fingerprint density at radius 2 is 1.16 bits per heavy atom. The summed E-state index contributed by atoms with van der Waals surface area (Å²) in [5.74, 6) is -1.83. The van der Waals surface area contributed by atoms with Crippen LogP contribution in [0.5, 0.6) is 0 Å². The monoisotopic (exact) mass is 724 g/mol. The highest BCUT2D eigenvalue weighted by Crippen LogP contribution is 2.47. The van der Waals surface area contributed by atoms with E-state index in [4.69, 9.17) is 18.5 Å². The lowest BCUT2D eigenvalue weighted by atomic mass is 9.85. The third-order valence-electron chi connectivity index (χ3n) is 8.13. The number of rotatable bonds is 28. The SMILES string of the molecule is CCCCCCCCCCCCCCCC(=O)OC[C@H](COP(=O)(O)OC1C(O)C(O)C(O)[C@@H](O)C1O)OC(=O)CCCC(=O)/C=C/C=O. The van der Waals surface area contributed by atoms with Crippen molar-refractivity contribution in [3.05, 3.63) is 12.2 Å². The third-order valence-corrected chi connectivity index (χ3v) is 9.11. The van der Waals surface area contributed by atoms with Gasteiger partial charge in [-0.2, -0.15) is 0 Å². The number of aliphatic hydroxyl groups excluding tert-OH is 5. The molecule has 0 aromatic heterocycles. The first-order valence-electron chi connectivity index (χ1n) is 17.4. The molecule has 0 radical (unpaired) electrons. The van der Waals surface area contributed by atoms with Gasteiger partial charge in [0.1, 0.15) is 49.5 Å². The van der Waals surface area contributed by atoms with Crippen molar-refractivity contribution in [2.45, 2.75) is 159 Å². The molecular formula is C33H57O15P. The number of ether oxygens (including phenoxy) is 2. The van der Waals surface area contributed by atoms with E-state index in [-0.39, 0.29) is 25.7 Å². The fourth-order valence-electron chi connectivity index (χ4n) is 5.23. The first-order valence-corrected chi connectivity index (χ1v) is 18.9. The molecule has 0 aromatic rings. The number of hydrogen-bond acceptors (Lipinski definition) is 14. The highest BCUT2D eigenvalue weighted by Gasteiger charge is 2.51. The number of allylic oxidation sites excluding steroid dienone is 2. The Hall–Kier alpha value is -2.07. The highest BCUT2D eigenvalue weighted by molar-refractivity contribution is 7.47. The van der Waals surface area contributed by atoms with Crippen LogP contribution in [0.3, 0.4) is 0 Å². The van der Waals surface area contributed by atoms with Crippen molar-refractivity contribution in [3.63, 3.8) is 0 Å². The van der Waals surface area contributed by atoms with Crippen LogP contribution in [0.4, 0.5) is 0 Å².